The average molecular weight is 235 g/mol. The number of nitrogens with zero attached hydrogens (tertiary/aromatic N) is 1. The molecule has 7 heteroatoms. The van der Waals surface area contributed by atoms with Crippen molar-refractivity contribution >= 4 is 0 Å². The zero-order valence-corrected chi connectivity index (χ0v) is 9.77. The maximum atomic E-state index is 8.25. The molecule has 0 amide bonds. The molecular weight excluding hydrogens is 233 g/mol. The van der Waals surface area contributed by atoms with Crippen molar-refractivity contribution in [3.05, 3.63) is 15.3 Å². The van der Waals surface area contributed by atoms with Crippen LogP contribution in [0.25, 0.3) is 0 Å². The van der Waals surface area contributed by atoms with Gasteiger partial charge in [0.15, 0.2) is 0 Å². The minimum absolute atomic E-state index is 0. The van der Waals surface area contributed by atoms with E-state index < -0.39 is 5.09 Å². The smallest absolute Gasteiger partial charge is 0.356 e. The summed E-state index contributed by atoms with van der Waals surface area (Å²) >= 11 is 0. The van der Waals surface area contributed by atoms with Gasteiger partial charge in [-0.2, -0.15) is 0 Å². The quantitative estimate of drug-likeness (QED) is 0.333. The molecule has 0 saturated heterocycles. The van der Waals surface area contributed by atoms with Crippen LogP contribution in [0, 0.1) is 15.3 Å². The first kappa shape index (κ1) is 24.3. The molecule has 0 aliphatic carbocycles. The van der Waals surface area contributed by atoms with E-state index in [1.54, 1.807) is 0 Å². The zero-order chi connectivity index (χ0) is 3.58. The second-order valence-corrected chi connectivity index (χ2v) is 0.224. The molecule has 40 valence electrons. The van der Waals surface area contributed by atoms with Crippen molar-refractivity contribution in [2.45, 2.75) is 0 Å². The van der Waals surface area contributed by atoms with E-state index >= 15 is 0 Å². The summed E-state index contributed by atoms with van der Waals surface area (Å²) < 4.78 is 0. The van der Waals surface area contributed by atoms with E-state index in [1.165, 1.54) is 0 Å². The van der Waals surface area contributed by atoms with Gasteiger partial charge in [-0.1, -0.05) is 0 Å². The van der Waals surface area contributed by atoms with Gasteiger partial charge in [-0.25, -0.2) is 0 Å². The third-order valence-corrected chi connectivity index (χ3v) is 0. The minimum atomic E-state index is -1.75. The molecule has 0 aliphatic rings. The van der Waals surface area contributed by atoms with E-state index in [0.29, 0.717) is 0 Å². The number of halogens is 2. The van der Waals surface area contributed by atoms with Crippen molar-refractivity contribution < 1.29 is 83.4 Å². The Labute approximate surface area is 96.5 Å². The molecule has 0 aliphatic heterocycles. The van der Waals surface area contributed by atoms with Crippen molar-refractivity contribution in [1.82, 2.24) is 0 Å². The van der Waals surface area contributed by atoms with Crippen molar-refractivity contribution in [2.24, 2.45) is 0 Å². The fraction of sp³-hybridized carbons (Fsp3) is 0. The van der Waals surface area contributed by atoms with Gasteiger partial charge in [-0.05, 0) is 0 Å². The maximum absolute atomic E-state index is 8.25. The van der Waals surface area contributed by atoms with Crippen molar-refractivity contribution in [3.63, 3.8) is 0 Å². The summed E-state index contributed by atoms with van der Waals surface area (Å²) in [6, 6.07) is 0. The van der Waals surface area contributed by atoms with Crippen LogP contribution in [0.5, 0.6) is 0 Å². The van der Waals surface area contributed by atoms with Crippen LogP contribution in [0.4, 0.5) is 9.41 Å². The van der Waals surface area contributed by atoms with Crippen molar-refractivity contribution in [1.29, 1.82) is 0 Å². The van der Waals surface area contributed by atoms with Crippen LogP contribution in [0.1, 0.15) is 0 Å². The molecule has 0 aromatic heterocycles. The largest absolute Gasteiger partial charge is 1.00 e. The number of hydrogen-bond acceptors (Lipinski definition) is 3. The SMILES string of the molecule is F.F.O=[N+]([O-])[O-].[Cs+]. The Hall–Kier alpha value is 1.11. The molecule has 0 atom stereocenters. The maximum Gasteiger partial charge on any atom is 1.00 e. The number of hydrogen-bond donors (Lipinski definition) is 0. The van der Waals surface area contributed by atoms with E-state index in [9.17, 15) is 0 Å². The molecule has 0 N–H and O–H groups in total. The van der Waals surface area contributed by atoms with Crippen molar-refractivity contribution in [3.8, 4) is 0 Å². The average Bonchev–Trinajstić information content (AvgIpc) is 0.811. The third kappa shape index (κ3) is 150. The summed E-state index contributed by atoms with van der Waals surface area (Å²) in [5.74, 6) is 0. The van der Waals surface area contributed by atoms with Crippen LogP contribution in [0.2, 0.25) is 0 Å². The van der Waals surface area contributed by atoms with Crippen LogP contribution in [0.15, 0.2) is 0 Å². The summed E-state index contributed by atoms with van der Waals surface area (Å²) in [6.07, 6.45) is 0. The fourth-order valence-electron chi connectivity index (χ4n) is 0. The molecule has 0 rings (SSSR count). The predicted molar refractivity (Wildman–Crippen MR) is 15.4 cm³/mol. The van der Waals surface area contributed by atoms with Crippen LogP contribution < -0.4 is 68.9 Å². The second kappa shape index (κ2) is 15.7. The van der Waals surface area contributed by atoms with Crippen LogP contribution in [-0.2, 0) is 0 Å². The third-order valence-electron chi connectivity index (χ3n) is 0. The van der Waals surface area contributed by atoms with E-state index in [2.05, 4.69) is 0 Å². The van der Waals surface area contributed by atoms with Gasteiger partial charge in [0.25, 0.3) is 0 Å². The van der Waals surface area contributed by atoms with Gasteiger partial charge in [0, 0.05) is 0 Å². The molecule has 0 unspecified atom stereocenters. The molecule has 0 fully saturated rings. The molecule has 7 heavy (non-hydrogen) atoms. The molecule has 0 heterocycles. The first-order valence-electron chi connectivity index (χ1n) is 0.548. The Morgan fingerprint density at radius 3 is 1.14 bits per heavy atom. The van der Waals surface area contributed by atoms with Crippen molar-refractivity contribution in [2.75, 3.05) is 0 Å². The molecule has 0 aromatic carbocycles. The Kier molecular flexibility index (Phi) is 54.5. The second-order valence-electron chi connectivity index (χ2n) is 0.224. The van der Waals surface area contributed by atoms with E-state index in [1.807, 2.05) is 0 Å². The first-order valence-corrected chi connectivity index (χ1v) is 0.548. The van der Waals surface area contributed by atoms with Gasteiger partial charge in [0.1, 0.15) is 0 Å². The molecule has 4 nitrogen and oxygen atoms in total. The minimum Gasteiger partial charge on any atom is -0.356 e. The van der Waals surface area contributed by atoms with E-state index in [-0.39, 0.29) is 78.3 Å². The molecular formula is H2CsF2NO3. The molecule has 0 saturated carbocycles. The zero-order valence-electron chi connectivity index (χ0n) is 3.49. The molecule has 0 radical (unpaired) electrons. The summed E-state index contributed by atoms with van der Waals surface area (Å²) in [7, 11) is 0. The Morgan fingerprint density at radius 1 is 1.14 bits per heavy atom. The van der Waals surface area contributed by atoms with Gasteiger partial charge in [0.05, 0.1) is 5.09 Å². The van der Waals surface area contributed by atoms with Gasteiger partial charge in [-0.3, -0.25) is 9.41 Å². The van der Waals surface area contributed by atoms with E-state index in [4.69, 9.17) is 15.3 Å². The topological polar surface area (TPSA) is 66.2 Å². The Morgan fingerprint density at radius 2 is 1.14 bits per heavy atom. The monoisotopic (exact) mass is 235 g/mol. The summed E-state index contributed by atoms with van der Waals surface area (Å²) in [5, 5.41) is 14.8. The molecule has 0 spiro atoms. The summed E-state index contributed by atoms with van der Waals surface area (Å²) in [4.78, 5) is 8.25. The van der Waals surface area contributed by atoms with Gasteiger partial charge < -0.3 is 15.3 Å². The van der Waals surface area contributed by atoms with Gasteiger partial charge in [-0.15, -0.1) is 0 Å². The molecule has 0 bridgehead atoms. The normalized spacial score (nSPS) is 3.43. The van der Waals surface area contributed by atoms with Crippen LogP contribution >= 0.6 is 0 Å². The standard InChI is InChI=1S/Cs.2FH.NO3/c;;;2-1(3)4/h;2*1H;/q+1;;;-1. The Bertz CT molecular complexity index is 35.9. The fourth-order valence-corrected chi connectivity index (χ4v) is 0. The van der Waals surface area contributed by atoms with Gasteiger partial charge >= 0.3 is 68.9 Å². The number of rotatable bonds is 0. The van der Waals surface area contributed by atoms with Gasteiger partial charge in [0.2, 0.25) is 0 Å². The van der Waals surface area contributed by atoms with E-state index in [0.717, 1.165) is 0 Å². The summed E-state index contributed by atoms with van der Waals surface area (Å²) in [5.41, 5.74) is 0. The summed E-state index contributed by atoms with van der Waals surface area (Å²) in [6.45, 7) is 0. The van der Waals surface area contributed by atoms with Crippen LogP contribution in [0.3, 0.4) is 0 Å². The molecule has 0 aromatic rings. The Balaban J connectivity index is -0.0000000150. The predicted octanol–water partition coefficient (Wildman–Crippen LogP) is -2.93. The first-order chi connectivity index (χ1) is 1.73. The van der Waals surface area contributed by atoms with Crippen LogP contribution in [-0.4, -0.2) is 5.09 Å².